The molecule has 31 heavy (non-hydrogen) atoms. The van der Waals surface area contributed by atoms with E-state index in [1.165, 1.54) is 0 Å². The highest BCUT2D eigenvalue weighted by molar-refractivity contribution is 5.89. The number of esters is 2. The van der Waals surface area contributed by atoms with Gasteiger partial charge in [-0.3, -0.25) is 0 Å². The van der Waals surface area contributed by atoms with Crippen LogP contribution in [0.2, 0.25) is 0 Å². The van der Waals surface area contributed by atoms with Crippen molar-refractivity contribution in [2.24, 2.45) is 0 Å². The van der Waals surface area contributed by atoms with Crippen LogP contribution in [0.25, 0.3) is 0 Å². The Labute approximate surface area is 185 Å². The van der Waals surface area contributed by atoms with E-state index in [1.54, 1.807) is 24.3 Å². The third-order valence-corrected chi connectivity index (χ3v) is 5.25. The lowest BCUT2D eigenvalue weighted by Crippen LogP contribution is -2.19. The van der Waals surface area contributed by atoms with E-state index >= 15 is 0 Å². The van der Waals surface area contributed by atoms with E-state index in [4.69, 9.17) is 9.47 Å². The summed E-state index contributed by atoms with van der Waals surface area (Å²) in [6, 6.07) is 15.0. The molecule has 2 rings (SSSR count). The minimum absolute atomic E-state index is 0.289. The highest BCUT2D eigenvalue weighted by Crippen LogP contribution is 2.33. The fourth-order valence-electron chi connectivity index (χ4n) is 3.21. The van der Waals surface area contributed by atoms with Crippen molar-refractivity contribution in [3.63, 3.8) is 0 Å². The summed E-state index contributed by atoms with van der Waals surface area (Å²) in [5.41, 5.74) is 2.81. The Morgan fingerprint density at radius 3 is 1.32 bits per heavy atom. The normalized spacial score (nSPS) is 11.0. The molecule has 0 aliphatic carbocycles. The Morgan fingerprint density at radius 1 is 0.710 bits per heavy atom. The van der Waals surface area contributed by atoms with E-state index in [2.05, 4.69) is 27.0 Å². The Balaban J connectivity index is 2.09. The largest absolute Gasteiger partial charge is 0.423 e. The highest BCUT2D eigenvalue weighted by atomic mass is 16.5. The van der Waals surface area contributed by atoms with Crippen LogP contribution in [0, 0.1) is 0 Å². The van der Waals surface area contributed by atoms with Crippen molar-refractivity contribution in [3.8, 4) is 11.5 Å². The van der Waals surface area contributed by atoms with Gasteiger partial charge in [0.2, 0.25) is 0 Å². The van der Waals surface area contributed by atoms with Crippen LogP contribution in [0.4, 0.5) is 0 Å². The smallest absolute Gasteiger partial charge is 0.338 e. The fraction of sp³-hybridized carbons (Fsp3) is 0.333. The van der Waals surface area contributed by atoms with Gasteiger partial charge < -0.3 is 9.47 Å². The van der Waals surface area contributed by atoms with Crippen molar-refractivity contribution in [3.05, 3.63) is 84.0 Å². The Bertz CT molecular complexity index is 857. The van der Waals surface area contributed by atoms with Gasteiger partial charge in [-0.25, -0.2) is 9.59 Å². The highest BCUT2D eigenvalue weighted by Gasteiger charge is 2.23. The second-order valence-corrected chi connectivity index (χ2v) is 8.16. The summed E-state index contributed by atoms with van der Waals surface area (Å²) in [6.45, 7) is 15.8. The monoisotopic (exact) mass is 420 g/mol. The summed E-state index contributed by atoms with van der Waals surface area (Å²) in [7, 11) is 0. The standard InChI is InChI=1S/C27H32O4/c1-7-9-19(3)25(28)30-23-15-11-21(12-16-23)27(5,6)22-13-17-24(18-14-22)31-26(29)20(4)10-8-2/h11-18H,3-4,7-10H2,1-2,5-6H3. The number of carbonyl (C=O) groups excluding carboxylic acids is 2. The molecule has 164 valence electrons. The third kappa shape index (κ3) is 6.42. The Morgan fingerprint density at radius 2 is 1.03 bits per heavy atom. The molecular weight excluding hydrogens is 388 g/mol. The minimum Gasteiger partial charge on any atom is -0.423 e. The molecular formula is C27H32O4. The molecule has 2 aromatic rings. The van der Waals surface area contributed by atoms with Gasteiger partial charge in [0.15, 0.2) is 0 Å². The molecule has 0 N–H and O–H groups in total. The van der Waals surface area contributed by atoms with Crippen molar-refractivity contribution in [2.75, 3.05) is 0 Å². The topological polar surface area (TPSA) is 52.6 Å². The van der Waals surface area contributed by atoms with Crippen molar-refractivity contribution in [1.29, 1.82) is 0 Å². The van der Waals surface area contributed by atoms with Gasteiger partial charge in [0, 0.05) is 16.6 Å². The second-order valence-electron chi connectivity index (χ2n) is 8.16. The lowest BCUT2D eigenvalue weighted by atomic mass is 9.78. The van der Waals surface area contributed by atoms with Crippen LogP contribution >= 0.6 is 0 Å². The number of ether oxygens (including phenoxy) is 2. The molecule has 0 aliphatic heterocycles. The Kier molecular flexibility index (Phi) is 8.38. The summed E-state index contributed by atoms with van der Waals surface area (Å²) < 4.78 is 10.8. The lowest BCUT2D eigenvalue weighted by molar-refractivity contribution is -0.131. The van der Waals surface area contributed by atoms with Gasteiger partial charge in [-0.1, -0.05) is 78.0 Å². The maximum atomic E-state index is 12.0. The molecule has 2 aromatic carbocycles. The van der Waals surface area contributed by atoms with Crippen LogP contribution in [0.3, 0.4) is 0 Å². The van der Waals surface area contributed by atoms with Gasteiger partial charge in [-0.15, -0.1) is 0 Å². The van der Waals surface area contributed by atoms with Gasteiger partial charge in [-0.05, 0) is 48.2 Å². The predicted octanol–water partition coefficient (Wildman–Crippen LogP) is 6.54. The average Bonchev–Trinajstić information content (AvgIpc) is 2.74. The number of benzene rings is 2. The van der Waals surface area contributed by atoms with Crippen LogP contribution in [0.5, 0.6) is 11.5 Å². The molecule has 0 bridgehead atoms. The van der Waals surface area contributed by atoms with Gasteiger partial charge in [0.1, 0.15) is 11.5 Å². The maximum absolute atomic E-state index is 12.0. The average molecular weight is 421 g/mol. The molecule has 0 saturated heterocycles. The van der Waals surface area contributed by atoms with Crippen molar-refractivity contribution >= 4 is 11.9 Å². The van der Waals surface area contributed by atoms with Crippen LogP contribution < -0.4 is 9.47 Å². The Hall–Kier alpha value is -3.14. The van der Waals surface area contributed by atoms with E-state index in [0.717, 1.165) is 24.0 Å². The third-order valence-electron chi connectivity index (χ3n) is 5.25. The first-order valence-corrected chi connectivity index (χ1v) is 10.7. The number of carbonyl (C=O) groups is 2. The zero-order valence-electron chi connectivity index (χ0n) is 19.0. The molecule has 0 spiro atoms. The summed E-state index contributed by atoms with van der Waals surface area (Å²) in [5.74, 6) is 0.217. The molecule has 4 heteroatoms. The fourth-order valence-corrected chi connectivity index (χ4v) is 3.21. The molecule has 0 atom stereocenters. The SMILES string of the molecule is C=C(CCC)C(=O)Oc1ccc(C(C)(C)c2ccc(OC(=O)C(=C)CCC)cc2)cc1. The summed E-state index contributed by atoms with van der Waals surface area (Å²) in [5, 5.41) is 0. The van der Waals surface area contributed by atoms with E-state index < -0.39 is 0 Å². The van der Waals surface area contributed by atoms with Crippen LogP contribution in [0.15, 0.2) is 72.8 Å². The molecule has 4 nitrogen and oxygen atoms in total. The molecule has 0 aliphatic rings. The number of rotatable bonds is 10. The van der Waals surface area contributed by atoms with Crippen molar-refractivity contribution < 1.29 is 19.1 Å². The van der Waals surface area contributed by atoms with E-state index in [9.17, 15) is 9.59 Å². The molecule has 0 aromatic heterocycles. The van der Waals surface area contributed by atoms with E-state index in [1.807, 2.05) is 38.1 Å². The summed E-state index contributed by atoms with van der Waals surface area (Å²) in [4.78, 5) is 24.1. The van der Waals surface area contributed by atoms with Gasteiger partial charge in [0.05, 0.1) is 0 Å². The van der Waals surface area contributed by atoms with Gasteiger partial charge >= 0.3 is 11.9 Å². The van der Waals surface area contributed by atoms with E-state index in [0.29, 0.717) is 35.5 Å². The van der Waals surface area contributed by atoms with Gasteiger partial charge in [0.25, 0.3) is 0 Å². The lowest BCUT2D eigenvalue weighted by Gasteiger charge is -2.26. The zero-order chi connectivity index (χ0) is 23.0. The van der Waals surface area contributed by atoms with Crippen LogP contribution in [0.1, 0.15) is 64.5 Å². The van der Waals surface area contributed by atoms with E-state index in [-0.39, 0.29) is 17.4 Å². The van der Waals surface area contributed by atoms with Gasteiger partial charge in [-0.2, -0.15) is 0 Å². The molecule has 0 radical (unpaired) electrons. The predicted molar refractivity (Wildman–Crippen MR) is 124 cm³/mol. The zero-order valence-corrected chi connectivity index (χ0v) is 19.0. The summed E-state index contributed by atoms with van der Waals surface area (Å²) >= 11 is 0. The van der Waals surface area contributed by atoms with Crippen LogP contribution in [-0.4, -0.2) is 11.9 Å². The minimum atomic E-state index is -0.388. The van der Waals surface area contributed by atoms with Crippen LogP contribution in [-0.2, 0) is 15.0 Å². The van der Waals surface area contributed by atoms with Crippen molar-refractivity contribution in [1.82, 2.24) is 0 Å². The molecule has 0 unspecified atom stereocenters. The second kappa shape index (κ2) is 10.8. The number of hydrogen-bond donors (Lipinski definition) is 0. The summed E-state index contributed by atoms with van der Waals surface area (Å²) in [6.07, 6.45) is 2.96. The maximum Gasteiger partial charge on any atom is 0.338 e. The molecule has 0 fully saturated rings. The molecule has 0 amide bonds. The first-order valence-electron chi connectivity index (χ1n) is 10.7. The first kappa shape index (κ1) is 24.1. The quantitative estimate of drug-likeness (QED) is 0.249. The molecule has 0 saturated carbocycles. The molecule has 0 heterocycles. The number of hydrogen-bond acceptors (Lipinski definition) is 4. The first-order chi connectivity index (χ1) is 14.7. The van der Waals surface area contributed by atoms with Crippen molar-refractivity contribution in [2.45, 2.75) is 58.8 Å².